The molecule has 0 unspecified atom stereocenters. The lowest BCUT2D eigenvalue weighted by Crippen LogP contribution is -2.24. The largest absolute Gasteiger partial charge is 0.489 e. The monoisotopic (exact) mass is 321 g/mol. The second-order valence-corrected chi connectivity index (χ2v) is 5.26. The van der Waals surface area contributed by atoms with E-state index >= 15 is 0 Å². The molecule has 1 amide bonds. The second-order valence-electron chi connectivity index (χ2n) is 5.26. The molecule has 0 saturated carbocycles. The zero-order valence-corrected chi connectivity index (χ0v) is 14.2. The van der Waals surface area contributed by atoms with Gasteiger partial charge in [0.05, 0.1) is 14.2 Å². The number of ketones is 2. The van der Waals surface area contributed by atoms with Crippen molar-refractivity contribution in [3.63, 3.8) is 0 Å². The number of methoxy groups -OCH3 is 2. The Hall–Kier alpha value is -2.37. The average Bonchev–Trinajstić information content (AvgIpc) is 2.55. The van der Waals surface area contributed by atoms with Crippen molar-refractivity contribution in [2.45, 2.75) is 33.1 Å². The van der Waals surface area contributed by atoms with Gasteiger partial charge in [0.15, 0.2) is 0 Å². The molecule has 0 fully saturated rings. The lowest BCUT2D eigenvalue weighted by atomic mass is 9.90. The summed E-state index contributed by atoms with van der Waals surface area (Å²) in [5.74, 6) is -0.827. The molecule has 0 atom stereocenters. The molecule has 6 heteroatoms. The third-order valence-corrected chi connectivity index (χ3v) is 3.77. The van der Waals surface area contributed by atoms with E-state index < -0.39 is 0 Å². The highest BCUT2D eigenvalue weighted by atomic mass is 16.5. The molecule has 0 spiro atoms. The van der Waals surface area contributed by atoms with E-state index in [2.05, 4.69) is 5.32 Å². The van der Waals surface area contributed by atoms with Crippen LogP contribution in [-0.4, -0.2) is 38.7 Å². The first kappa shape index (κ1) is 18.7. The lowest BCUT2D eigenvalue weighted by molar-refractivity contribution is -0.121. The molecule has 1 aliphatic carbocycles. The van der Waals surface area contributed by atoms with Crippen LogP contribution in [0.5, 0.6) is 0 Å². The third-order valence-electron chi connectivity index (χ3n) is 3.77. The van der Waals surface area contributed by atoms with Crippen molar-refractivity contribution in [3.05, 3.63) is 34.3 Å². The minimum Gasteiger partial charge on any atom is -0.489 e. The van der Waals surface area contributed by atoms with Gasteiger partial charge in [-0.2, -0.15) is 0 Å². The van der Waals surface area contributed by atoms with Gasteiger partial charge in [-0.3, -0.25) is 14.4 Å². The van der Waals surface area contributed by atoms with E-state index in [4.69, 9.17) is 9.47 Å². The maximum atomic E-state index is 12.4. The molecule has 0 aliphatic heterocycles. The van der Waals surface area contributed by atoms with Gasteiger partial charge >= 0.3 is 0 Å². The minimum absolute atomic E-state index is 0.0357. The Morgan fingerprint density at radius 3 is 2.17 bits per heavy atom. The highest BCUT2D eigenvalue weighted by Gasteiger charge is 2.33. The Balaban J connectivity index is 2.92. The van der Waals surface area contributed by atoms with Crippen molar-refractivity contribution < 1.29 is 23.9 Å². The van der Waals surface area contributed by atoms with Crippen LogP contribution in [0.4, 0.5) is 0 Å². The van der Waals surface area contributed by atoms with Gasteiger partial charge in [0.25, 0.3) is 0 Å². The fraction of sp³-hybridized carbons (Fsp3) is 0.471. The molecule has 0 aromatic heterocycles. The van der Waals surface area contributed by atoms with E-state index in [9.17, 15) is 14.4 Å². The zero-order valence-electron chi connectivity index (χ0n) is 14.2. The van der Waals surface area contributed by atoms with E-state index in [1.54, 1.807) is 14.0 Å². The van der Waals surface area contributed by atoms with Crippen molar-refractivity contribution in [1.82, 2.24) is 5.32 Å². The van der Waals surface area contributed by atoms with Crippen molar-refractivity contribution in [1.29, 1.82) is 0 Å². The molecule has 0 saturated heterocycles. The normalized spacial score (nSPS) is 16.0. The number of ether oxygens (including phenoxy) is 2. The first-order valence-corrected chi connectivity index (χ1v) is 7.34. The van der Waals surface area contributed by atoms with Crippen LogP contribution in [0.3, 0.4) is 0 Å². The first-order chi connectivity index (χ1) is 10.9. The predicted molar refractivity (Wildman–Crippen MR) is 85.4 cm³/mol. The smallest absolute Gasteiger partial charge is 0.228 e. The first-order valence-electron chi connectivity index (χ1n) is 7.34. The van der Waals surface area contributed by atoms with Crippen LogP contribution < -0.4 is 5.32 Å². The summed E-state index contributed by atoms with van der Waals surface area (Å²) in [6.45, 7) is 3.50. The number of nitrogens with one attached hydrogen (secondary N) is 1. The van der Waals surface area contributed by atoms with Crippen LogP contribution >= 0.6 is 0 Å². The number of allylic oxidation sites excluding steroid dienone is 4. The molecule has 0 bridgehead atoms. The van der Waals surface area contributed by atoms with Crippen molar-refractivity contribution in [3.8, 4) is 0 Å². The van der Waals surface area contributed by atoms with Gasteiger partial charge in [-0.1, -0.05) is 11.6 Å². The van der Waals surface area contributed by atoms with Gasteiger partial charge in [-0.05, 0) is 26.7 Å². The quantitative estimate of drug-likeness (QED) is 0.571. The van der Waals surface area contributed by atoms with Crippen LogP contribution in [0, 0.1) is 0 Å². The average molecular weight is 321 g/mol. The van der Waals surface area contributed by atoms with E-state index in [0.29, 0.717) is 30.4 Å². The number of carbonyl (C=O) groups excluding carboxylic acids is 3. The summed E-state index contributed by atoms with van der Waals surface area (Å²) in [7, 11) is 4.26. The summed E-state index contributed by atoms with van der Waals surface area (Å²) in [5, 5.41) is 2.56. The lowest BCUT2D eigenvalue weighted by Gasteiger charge is -2.19. The molecule has 0 heterocycles. The van der Waals surface area contributed by atoms with Gasteiger partial charge in [0, 0.05) is 24.6 Å². The Morgan fingerprint density at radius 1 is 1.09 bits per heavy atom. The van der Waals surface area contributed by atoms with E-state index in [-0.39, 0.29) is 29.0 Å². The summed E-state index contributed by atoms with van der Waals surface area (Å²) in [6.07, 6.45) is 3.17. The van der Waals surface area contributed by atoms with E-state index in [1.807, 2.05) is 13.0 Å². The molecule has 0 aromatic carbocycles. The third kappa shape index (κ3) is 4.31. The summed E-state index contributed by atoms with van der Waals surface area (Å²) >= 11 is 0. The molecule has 1 rings (SSSR count). The summed E-state index contributed by atoms with van der Waals surface area (Å²) in [4.78, 5) is 35.9. The zero-order chi connectivity index (χ0) is 17.6. The van der Waals surface area contributed by atoms with Crippen molar-refractivity contribution in [2.24, 2.45) is 0 Å². The number of Topliss-reactive ketones (excluding diaryl/α,β-unsaturated/α-hetero) is 2. The van der Waals surface area contributed by atoms with Gasteiger partial charge in [0.2, 0.25) is 29.0 Å². The molecule has 0 radical (unpaired) electrons. The minimum atomic E-state index is -0.338. The van der Waals surface area contributed by atoms with Crippen LogP contribution in [0.25, 0.3) is 0 Å². The Labute approximate surface area is 136 Å². The Morgan fingerprint density at radius 2 is 1.65 bits per heavy atom. The summed E-state index contributed by atoms with van der Waals surface area (Å²) in [5.41, 5.74) is 1.74. The fourth-order valence-electron chi connectivity index (χ4n) is 2.25. The number of hydrogen-bond acceptors (Lipinski definition) is 5. The number of amides is 1. The standard InChI is InChI=1S/C17H23NO5/c1-10(7-9-13(19)18-3)6-8-12-11(2)14(20)16(22-4)17(23-5)15(12)21/h6H,7-9H2,1-5H3,(H,18,19). The molecule has 0 aromatic rings. The highest BCUT2D eigenvalue weighted by molar-refractivity contribution is 6.23. The van der Waals surface area contributed by atoms with Crippen molar-refractivity contribution >= 4 is 17.5 Å². The van der Waals surface area contributed by atoms with Crippen LogP contribution in [-0.2, 0) is 23.9 Å². The summed E-state index contributed by atoms with van der Waals surface area (Å²) < 4.78 is 10.0. The molecule has 126 valence electrons. The van der Waals surface area contributed by atoms with Crippen LogP contribution in [0.1, 0.15) is 33.1 Å². The molecule has 1 aliphatic rings. The van der Waals surface area contributed by atoms with Crippen molar-refractivity contribution in [2.75, 3.05) is 21.3 Å². The van der Waals surface area contributed by atoms with Crippen LogP contribution in [0.2, 0.25) is 0 Å². The molecular weight excluding hydrogens is 298 g/mol. The van der Waals surface area contributed by atoms with E-state index in [0.717, 1.165) is 5.57 Å². The SMILES string of the molecule is CNC(=O)CCC(C)=CCC1=C(C)C(=O)C(OC)=C(OC)C1=O. The van der Waals surface area contributed by atoms with Crippen LogP contribution in [0.15, 0.2) is 34.3 Å². The number of carbonyl (C=O) groups is 3. The highest BCUT2D eigenvalue weighted by Crippen LogP contribution is 2.28. The van der Waals surface area contributed by atoms with Gasteiger partial charge in [-0.15, -0.1) is 0 Å². The molecule has 1 N–H and O–H groups in total. The second kappa shape index (κ2) is 8.31. The maximum Gasteiger partial charge on any atom is 0.228 e. The predicted octanol–water partition coefficient (Wildman–Crippen LogP) is 1.82. The molecule has 6 nitrogen and oxygen atoms in total. The van der Waals surface area contributed by atoms with E-state index in [1.165, 1.54) is 14.2 Å². The Kier molecular flexibility index (Phi) is 6.75. The molecular formula is C17H23NO5. The topological polar surface area (TPSA) is 81.7 Å². The maximum absolute atomic E-state index is 12.4. The number of rotatable bonds is 7. The Bertz CT molecular complexity index is 610. The summed E-state index contributed by atoms with van der Waals surface area (Å²) in [6, 6.07) is 0. The fourth-order valence-corrected chi connectivity index (χ4v) is 2.25. The van der Waals surface area contributed by atoms with Gasteiger partial charge in [0.1, 0.15) is 0 Å². The van der Waals surface area contributed by atoms with Gasteiger partial charge < -0.3 is 14.8 Å². The number of hydrogen-bond donors (Lipinski definition) is 1. The van der Waals surface area contributed by atoms with Gasteiger partial charge in [-0.25, -0.2) is 0 Å². The molecule has 23 heavy (non-hydrogen) atoms.